The molecule has 2 aromatic carbocycles. The van der Waals surface area contributed by atoms with Crippen LogP contribution in [0.15, 0.2) is 54.6 Å². The lowest BCUT2D eigenvalue weighted by Crippen LogP contribution is -2.20. The molecule has 0 aliphatic carbocycles. The first kappa shape index (κ1) is 14.4. The molecule has 0 fully saturated rings. The minimum atomic E-state index is -4.45. The maximum absolute atomic E-state index is 12.9. The van der Waals surface area contributed by atoms with Crippen molar-refractivity contribution in [2.24, 2.45) is 5.73 Å². The Morgan fingerprint density at radius 2 is 1.55 bits per heavy atom. The Hall–Kier alpha value is -2.01. The summed E-state index contributed by atoms with van der Waals surface area (Å²) in [7, 11) is 0. The van der Waals surface area contributed by atoms with E-state index in [1.165, 1.54) is 18.2 Å². The van der Waals surface area contributed by atoms with Gasteiger partial charge in [-0.15, -0.1) is 0 Å². The van der Waals surface area contributed by atoms with E-state index >= 15 is 0 Å². The van der Waals surface area contributed by atoms with E-state index in [1.54, 1.807) is 24.3 Å². The Kier molecular flexibility index (Phi) is 4.29. The third-order valence-corrected chi connectivity index (χ3v) is 2.85. The average Bonchev–Trinajstić information content (AvgIpc) is 2.45. The van der Waals surface area contributed by atoms with Gasteiger partial charge in [0.15, 0.2) is 0 Å². The Morgan fingerprint density at radius 3 is 2.15 bits per heavy atom. The average molecular weight is 281 g/mol. The van der Waals surface area contributed by atoms with Crippen LogP contribution < -0.4 is 10.5 Å². The van der Waals surface area contributed by atoms with Crippen molar-refractivity contribution in [2.45, 2.75) is 12.3 Å². The molecular weight excluding hydrogens is 267 g/mol. The van der Waals surface area contributed by atoms with Crippen molar-refractivity contribution in [3.63, 3.8) is 0 Å². The molecule has 0 unspecified atom stereocenters. The van der Waals surface area contributed by atoms with E-state index in [0.717, 1.165) is 11.6 Å². The molecule has 0 radical (unpaired) electrons. The largest absolute Gasteiger partial charge is 0.484 e. The predicted octanol–water partition coefficient (Wildman–Crippen LogP) is 3.78. The minimum absolute atomic E-state index is 0.0935. The number of rotatable bonds is 4. The van der Waals surface area contributed by atoms with Crippen molar-refractivity contribution >= 4 is 0 Å². The highest BCUT2D eigenvalue weighted by Gasteiger charge is 2.34. The highest BCUT2D eigenvalue weighted by molar-refractivity contribution is 5.36. The molecule has 2 aromatic rings. The number of halogens is 3. The number of hydrogen-bond acceptors (Lipinski definition) is 2. The van der Waals surface area contributed by atoms with Crippen molar-refractivity contribution in [1.29, 1.82) is 0 Å². The monoisotopic (exact) mass is 281 g/mol. The van der Waals surface area contributed by atoms with Crippen LogP contribution in [-0.4, -0.2) is 6.54 Å². The Labute approximate surface area is 115 Å². The van der Waals surface area contributed by atoms with Crippen LogP contribution in [0.4, 0.5) is 13.2 Å². The van der Waals surface area contributed by atoms with Crippen molar-refractivity contribution in [1.82, 2.24) is 0 Å². The van der Waals surface area contributed by atoms with E-state index in [1.807, 2.05) is 6.07 Å². The van der Waals surface area contributed by atoms with Gasteiger partial charge in [-0.1, -0.05) is 42.5 Å². The SMILES string of the molecule is NC[C@@H](Oc1ccccc1C(F)(F)F)c1ccccc1. The molecule has 0 amide bonds. The normalized spacial score (nSPS) is 13.0. The topological polar surface area (TPSA) is 35.2 Å². The van der Waals surface area contributed by atoms with Gasteiger partial charge >= 0.3 is 6.18 Å². The van der Waals surface area contributed by atoms with Crippen LogP contribution in [0.5, 0.6) is 5.75 Å². The van der Waals surface area contributed by atoms with E-state index in [-0.39, 0.29) is 12.3 Å². The van der Waals surface area contributed by atoms with Gasteiger partial charge in [0.2, 0.25) is 0 Å². The highest BCUT2D eigenvalue weighted by Crippen LogP contribution is 2.37. The number of alkyl halides is 3. The van der Waals surface area contributed by atoms with Gasteiger partial charge in [-0.3, -0.25) is 0 Å². The first-order valence-electron chi connectivity index (χ1n) is 6.10. The third-order valence-electron chi connectivity index (χ3n) is 2.85. The molecular formula is C15H14F3NO. The summed E-state index contributed by atoms with van der Waals surface area (Å²) >= 11 is 0. The molecule has 2 nitrogen and oxygen atoms in total. The van der Waals surface area contributed by atoms with Gasteiger partial charge in [0, 0.05) is 6.54 Å². The second-order valence-electron chi connectivity index (χ2n) is 4.25. The number of benzene rings is 2. The smallest absolute Gasteiger partial charge is 0.419 e. The molecule has 0 bridgehead atoms. The van der Waals surface area contributed by atoms with Gasteiger partial charge < -0.3 is 10.5 Å². The Morgan fingerprint density at radius 1 is 0.950 bits per heavy atom. The van der Waals surface area contributed by atoms with Gasteiger partial charge in [0.25, 0.3) is 0 Å². The maximum Gasteiger partial charge on any atom is 0.419 e. The summed E-state index contributed by atoms with van der Waals surface area (Å²) in [5.74, 6) is -0.209. The summed E-state index contributed by atoms with van der Waals surface area (Å²) in [6, 6.07) is 14.1. The minimum Gasteiger partial charge on any atom is -0.484 e. The van der Waals surface area contributed by atoms with Gasteiger partial charge in [0.05, 0.1) is 5.56 Å². The van der Waals surface area contributed by atoms with Crippen LogP contribution in [0.25, 0.3) is 0 Å². The fourth-order valence-corrected chi connectivity index (χ4v) is 1.88. The summed E-state index contributed by atoms with van der Waals surface area (Å²) in [5.41, 5.74) is 5.55. The standard InChI is InChI=1S/C15H14F3NO/c16-15(17,18)12-8-4-5-9-13(12)20-14(10-19)11-6-2-1-3-7-11/h1-9,14H,10,19H2/t14-/m1/s1. The van der Waals surface area contributed by atoms with E-state index in [9.17, 15) is 13.2 Å². The molecule has 0 saturated carbocycles. The molecule has 106 valence electrons. The van der Waals surface area contributed by atoms with Crippen molar-refractivity contribution in [2.75, 3.05) is 6.54 Å². The van der Waals surface area contributed by atoms with Gasteiger partial charge in [-0.2, -0.15) is 13.2 Å². The van der Waals surface area contributed by atoms with Crippen molar-refractivity contribution < 1.29 is 17.9 Å². The molecule has 0 aliphatic heterocycles. The third kappa shape index (κ3) is 3.30. The second kappa shape index (κ2) is 5.96. The molecule has 5 heteroatoms. The van der Waals surface area contributed by atoms with Crippen LogP contribution >= 0.6 is 0 Å². The molecule has 0 heterocycles. The van der Waals surface area contributed by atoms with Crippen molar-refractivity contribution in [3.8, 4) is 5.75 Å². The van der Waals surface area contributed by atoms with Crippen LogP contribution in [0, 0.1) is 0 Å². The van der Waals surface area contributed by atoms with Crippen LogP contribution in [0.1, 0.15) is 17.2 Å². The van der Waals surface area contributed by atoms with Crippen LogP contribution in [0.3, 0.4) is 0 Å². The summed E-state index contributed by atoms with van der Waals surface area (Å²) in [6.45, 7) is 0.0935. The fraction of sp³-hybridized carbons (Fsp3) is 0.200. The van der Waals surface area contributed by atoms with E-state index in [0.29, 0.717) is 0 Å². The van der Waals surface area contributed by atoms with Gasteiger partial charge in [-0.25, -0.2) is 0 Å². The lowest BCUT2D eigenvalue weighted by atomic mass is 10.1. The first-order valence-corrected chi connectivity index (χ1v) is 6.10. The molecule has 1 atom stereocenters. The fourth-order valence-electron chi connectivity index (χ4n) is 1.88. The number of para-hydroxylation sites is 1. The van der Waals surface area contributed by atoms with E-state index in [2.05, 4.69) is 0 Å². The molecule has 2 N–H and O–H groups in total. The predicted molar refractivity (Wildman–Crippen MR) is 70.3 cm³/mol. The number of hydrogen-bond donors (Lipinski definition) is 1. The molecule has 2 rings (SSSR count). The molecule has 0 saturated heterocycles. The van der Waals surface area contributed by atoms with Crippen LogP contribution in [-0.2, 0) is 6.18 Å². The summed E-state index contributed by atoms with van der Waals surface area (Å²) < 4.78 is 44.1. The van der Waals surface area contributed by atoms with E-state index in [4.69, 9.17) is 10.5 Å². The zero-order chi connectivity index (χ0) is 14.6. The first-order chi connectivity index (χ1) is 9.52. The molecule has 0 aliphatic rings. The quantitative estimate of drug-likeness (QED) is 0.925. The zero-order valence-corrected chi connectivity index (χ0v) is 10.6. The van der Waals surface area contributed by atoms with Gasteiger partial charge in [-0.05, 0) is 17.7 Å². The molecule has 20 heavy (non-hydrogen) atoms. The van der Waals surface area contributed by atoms with Crippen LogP contribution in [0.2, 0.25) is 0 Å². The second-order valence-corrected chi connectivity index (χ2v) is 4.25. The summed E-state index contributed by atoms with van der Waals surface area (Å²) in [5, 5.41) is 0. The Bertz CT molecular complexity index is 555. The molecule has 0 aromatic heterocycles. The lowest BCUT2D eigenvalue weighted by molar-refractivity contribution is -0.139. The summed E-state index contributed by atoms with van der Waals surface area (Å²) in [4.78, 5) is 0. The zero-order valence-electron chi connectivity index (χ0n) is 10.6. The van der Waals surface area contributed by atoms with E-state index < -0.39 is 17.8 Å². The number of ether oxygens (including phenoxy) is 1. The molecule has 0 spiro atoms. The Balaban J connectivity index is 2.29. The number of nitrogens with two attached hydrogens (primary N) is 1. The summed E-state index contributed by atoms with van der Waals surface area (Å²) in [6.07, 6.45) is -5.06. The highest BCUT2D eigenvalue weighted by atomic mass is 19.4. The van der Waals surface area contributed by atoms with Gasteiger partial charge in [0.1, 0.15) is 11.9 Å². The lowest BCUT2D eigenvalue weighted by Gasteiger charge is -2.20. The van der Waals surface area contributed by atoms with Crippen molar-refractivity contribution in [3.05, 3.63) is 65.7 Å². The maximum atomic E-state index is 12.9.